The Hall–Kier alpha value is -3.14. The van der Waals surface area contributed by atoms with Crippen molar-refractivity contribution < 1.29 is 9.59 Å². The molecule has 4 N–H and O–H groups in total. The molecule has 4 nitrogen and oxygen atoms in total. The van der Waals surface area contributed by atoms with Gasteiger partial charge in [0, 0.05) is 24.7 Å². The van der Waals surface area contributed by atoms with Gasteiger partial charge in [-0.1, -0.05) is 71.8 Å². The molecule has 4 heteroatoms. The second-order valence-corrected chi connectivity index (χ2v) is 7.64. The molecule has 2 aliphatic rings. The Kier molecular flexibility index (Phi) is 4.86. The minimum Gasteiger partial charge on any atom is -0.370 e. The van der Waals surface area contributed by atoms with Crippen LogP contribution in [0.3, 0.4) is 0 Å². The number of allylic oxidation sites excluding steroid dienone is 2. The molecular formula is C24H24N2O2. The summed E-state index contributed by atoms with van der Waals surface area (Å²) in [6, 6.07) is 16.3. The Bertz CT molecular complexity index is 922. The van der Waals surface area contributed by atoms with E-state index in [0.717, 1.165) is 12.8 Å². The number of benzene rings is 2. The van der Waals surface area contributed by atoms with Gasteiger partial charge >= 0.3 is 0 Å². The third-order valence-corrected chi connectivity index (χ3v) is 5.83. The van der Waals surface area contributed by atoms with Crippen LogP contribution < -0.4 is 11.5 Å². The van der Waals surface area contributed by atoms with Crippen LogP contribution in [-0.4, -0.2) is 11.8 Å². The molecule has 0 spiro atoms. The molecule has 28 heavy (non-hydrogen) atoms. The molecule has 0 heterocycles. The SMILES string of the molecule is NC(=O)CC1C(CCC2=Cc3ccccc3C2CC(N)=O)=Cc2ccccc21. The van der Waals surface area contributed by atoms with Crippen LogP contribution in [0.4, 0.5) is 0 Å². The third-order valence-electron chi connectivity index (χ3n) is 5.83. The smallest absolute Gasteiger partial charge is 0.218 e. The number of carbonyl (C=O) groups excluding carboxylic acids is 2. The molecule has 2 unspecified atom stereocenters. The van der Waals surface area contributed by atoms with E-state index in [2.05, 4.69) is 36.4 Å². The molecule has 2 aromatic carbocycles. The van der Waals surface area contributed by atoms with Crippen LogP contribution >= 0.6 is 0 Å². The average Bonchev–Trinajstić information content (AvgIpc) is 3.18. The molecule has 0 bridgehead atoms. The van der Waals surface area contributed by atoms with Crippen molar-refractivity contribution in [2.75, 3.05) is 0 Å². The zero-order valence-corrected chi connectivity index (χ0v) is 15.7. The molecular weight excluding hydrogens is 348 g/mol. The standard InChI is InChI=1S/C24H24N2O2/c25-23(27)13-21-17(11-15-5-1-3-7-19(15)21)9-10-18-12-16-6-2-4-8-20(16)22(18)14-24(26)28/h1-8,11-12,21-22H,9-10,13-14H2,(H2,25,27)(H2,26,28). The van der Waals surface area contributed by atoms with Gasteiger partial charge in [-0.25, -0.2) is 0 Å². The monoisotopic (exact) mass is 372 g/mol. The van der Waals surface area contributed by atoms with Crippen LogP contribution in [-0.2, 0) is 9.59 Å². The Morgan fingerprint density at radius 1 is 0.679 bits per heavy atom. The summed E-state index contributed by atoms with van der Waals surface area (Å²) in [5, 5.41) is 0. The van der Waals surface area contributed by atoms with Gasteiger partial charge in [-0.3, -0.25) is 9.59 Å². The Labute approximate surface area is 164 Å². The summed E-state index contributed by atoms with van der Waals surface area (Å²) in [5.74, 6) is -0.473. The van der Waals surface area contributed by atoms with E-state index in [1.165, 1.54) is 33.4 Å². The van der Waals surface area contributed by atoms with Gasteiger partial charge in [-0.05, 0) is 35.1 Å². The Morgan fingerprint density at radius 3 is 1.46 bits per heavy atom. The lowest BCUT2D eigenvalue weighted by Gasteiger charge is -2.18. The maximum absolute atomic E-state index is 11.6. The average molecular weight is 372 g/mol. The zero-order valence-electron chi connectivity index (χ0n) is 15.7. The van der Waals surface area contributed by atoms with E-state index in [1.807, 2.05) is 24.3 Å². The maximum Gasteiger partial charge on any atom is 0.218 e. The number of amides is 2. The number of hydrogen-bond donors (Lipinski definition) is 2. The van der Waals surface area contributed by atoms with E-state index < -0.39 is 0 Å². The first-order chi connectivity index (χ1) is 13.5. The topological polar surface area (TPSA) is 86.2 Å². The van der Waals surface area contributed by atoms with Gasteiger partial charge in [0.25, 0.3) is 0 Å². The molecule has 0 saturated heterocycles. The van der Waals surface area contributed by atoms with E-state index in [-0.39, 0.29) is 23.7 Å². The molecule has 2 atom stereocenters. The quantitative estimate of drug-likeness (QED) is 0.773. The van der Waals surface area contributed by atoms with Gasteiger partial charge in [0.15, 0.2) is 0 Å². The molecule has 2 aliphatic carbocycles. The van der Waals surface area contributed by atoms with Crippen molar-refractivity contribution in [3.63, 3.8) is 0 Å². The van der Waals surface area contributed by atoms with Crippen molar-refractivity contribution in [3.8, 4) is 0 Å². The van der Waals surface area contributed by atoms with Crippen LogP contribution in [0.25, 0.3) is 12.2 Å². The summed E-state index contributed by atoms with van der Waals surface area (Å²) >= 11 is 0. The summed E-state index contributed by atoms with van der Waals surface area (Å²) in [6.45, 7) is 0. The number of rotatable bonds is 7. The highest BCUT2D eigenvalue weighted by Crippen LogP contribution is 2.44. The van der Waals surface area contributed by atoms with Gasteiger partial charge in [0.1, 0.15) is 0 Å². The van der Waals surface area contributed by atoms with Crippen molar-refractivity contribution in [2.24, 2.45) is 11.5 Å². The lowest BCUT2D eigenvalue weighted by molar-refractivity contribution is -0.119. The van der Waals surface area contributed by atoms with Gasteiger partial charge < -0.3 is 11.5 Å². The van der Waals surface area contributed by atoms with Crippen LogP contribution in [0, 0.1) is 0 Å². The minimum atomic E-state index is -0.285. The highest BCUT2D eigenvalue weighted by Gasteiger charge is 2.29. The number of carbonyl (C=O) groups is 2. The van der Waals surface area contributed by atoms with Crippen LogP contribution in [0.5, 0.6) is 0 Å². The molecule has 0 fully saturated rings. The fraction of sp³-hybridized carbons (Fsp3) is 0.250. The fourth-order valence-electron chi connectivity index (χ4n) is 4.59. The van der Waals surface area contributed by atoms with Crippen molar-refractivity contribution in [1.29, 1.82) is 0 Å². The van der Waals surface area contributed by atoms with Gasteiger partial charge in [-0.2, -0.15) is 0 Å². The maximum atomic E-state index is 11.6. The third kappa shape index (κ3) is 3.50. The lowest BCUT2D eigenvalue weighted by Crippen LogP contribution is -2.16. The largest absolute Gasteiger partial charge is 0.370 e. The van der Waals surface area contributed by atoms with Crippen LogP contribution in [0.15, 0.2) is 59.7 Å². The fourth-order valence-corrected chi connectivity index (χ4v) is 4.59. The van der Waals surface area contributed by atoms with Crippen molar-refractivity contribution in [3.05, 3.63) is 81.9 Å². The van der Waals surface area contributed by atoms with Crippen molar-refractivity contribution >= 4 is 24.0 Å². The summed E-state index contributed by atoms with van der Waals surface area (Å²) in [6.07, 6.45) is 6.70. The van der Waals surface area contributed by atoms with Crippen molar-refractivity contribution in [2.45, 2.75) is 37.5 Å². The summed E-state index contributed by atoms with van der Waals surface area (Å²) in [7, 11) is 0. The molecule has 0 aromatic heterocycles. The Balaban J connectivity index is 1.55. The molecule has 2 aromatic rings. The van der Waals surface area contributed by atoms with Crippen LogP contribution in [0.2, 0.25) is 0 Å². The number of primary amides is 2. The Morgan fingerprint density at radius 2 is 1.07 bits per heavy atom. The van der Waals surface area contributed by atoms with Crippen molar-refractivity contribution in [1.82, 2.24) is 0 Å². The number of hydrogen-bond acceptors (Lipinski definition) is 2. The van der Waals surface area contributed by atoms with Crippen LogP contribution in [0.1, 0.15) is 59.8 Å². The molecule has 0 radical (unpaired) electrons. The minimum absolute atomic E-state index is 0.0488. The lowest BCUT2D eigenvalue weighted by atomic mass is 9.86. The number of fused-ring (bicyclic) bond motifs is 2. The van der Waals surface area contributed by atoms with E-state index >= 15 is 0 Å². The van der Waals surface area contributed by atoms with Gasteiger partial charge in [0.2, 0.25) is 11.8 Å². The van der Waals surface area contributed by atoms with E-state index in [1.54, 1.807) is 0 Å². The highest BCUT2D eigenvalue weighted by molar-refractivity contribution is 5.79. The second-order valence-electron chi connectivity index (χ2n) is 7.64. The molecule has 0 aliphatic heterocycles. The zero-order chi connectivity index (χ0) is 19.7. The molecule has 4 rings (SSSR count). The first-order valence-electron chi connectivity index (χ1n) is 9.68. The first kappa shape index (κ1) is 18.2. The van der Waals surface area contributed by atoms with E-state index in [4.69, 9.17) is 11.5 Å². The van der Waals surface area contributed by atoms with Gasteiger partial charge in [-0.15, -0.1) is 0 Å². The van der Waals surface area contributed by atoms with E-state index in [0.29, 0.717) is 12.8 Å². The second kappa shape index (κ2) is 7.47. The molecule has 0 saturated carbocycles. The normalized spacial score (nSPS) is 19.6. The molecule has 2 amide bonds. The first-order valence-corrected chi connectivity index (χ1v) is 9.68. The summed E-state index contributed by atoms with van der Waals surface area (Å²) in [5.41, 5.74) is 18.2. The van der Waals surface area contributed by atoms with Gasteiger partial charge in [0.05, 0.1) is 0 Å². The highest BCUT2D eigenvalue weighted by atomic mass is 16.1. The predicted molar refractivity (Wildman–Crippen MR) is 111 cm³/mol. The summed E-state index contributed by atoms with van der Waals surface area (Å²) < 4.78 is 0. The predicted octanol–water partition coefficient (Wildman–Crippen LogP) is 3.88. The van der Waals surface area contributed by atoms with E-state index in [9.17, 15) is 9.59 Å². The number of nitrogens with two attached hydrogens (primary N) is 2. The molecule has 142 valence electrons. The summed E-state index contributed by atoms with van der Waals surface area (Å²) in [4.78, 5) is 23.3.